The lowest BCUT2D eigenvalue weighted by Gasteiger charge is -2.15. The highest BCUT2D eigenvalue weighted by Gasteiger charge is 2.11. The van der Waals surface area contributed by atoms with Gasteiger partial charge >= 0.3 is 0 Å². The van der Waals surface area contributed by atoms with E-state index in [1.807, 2.05) is 31.3 Å². The molecule has 0 saturated carbocycles. The molecule has 1 rings (SSSR count). The van der Waals surface area contributed by atoms with Crippen molar-refractivity contribution in [3.63, 3.8) is 0 Å². The molecule has 12 heavy (non-hydrogen) atoms. The lowest BCUT2D eigenvalue weighted by atomic mass is 10.4. The quantitative estimate of drug-likeness (QED) is 0.474. The number of thiocarbonyl (C=S) groups is 1. The molecule has 0 aromatic carbocycles. The molecular formula is C9H16N2S. The van der Waals surface area contributed by atoms with Crippen LogP contribution in [0.4, 0.5) is 0 Å². The normalized spacial score (nSPS) is 17.3. The highest BCUT2D eigenvalue weighted by Crippen LogP contribution is 2.08. The molecule has 0 unspecified atom stereocenters. The van der Waals surface area contributed by atoms with Gasteiger partial charge in [-0.05, 0) is 18.9 Å². The van der Waals surface area contributed by atoms with Crippen LogP contribution in [0.3, 0.4) is 0 Å². The van der Waals surface area contributed by atoms with Crippen LogP contribution in [0.1, 0.15) is 12.8 Å². The molecule has 0 atom stereocenters. The Labute approximate surface area is 79.8 Å². The van der Waals surface area contributed by atoms with Crippen molar-refractivity contribution in [1.82, 2.24) is 9.80 Å². The monoisotopic (exact) mass is 184 g/mol. The first-order valence-corrected chi connectivity index (χ1v) is 4.74. The standard InChI is InChI=1S/C9H16N2S/c1-10(2)8-5-9(12)11-6-3-4-7-11/h5,8H,3-4,6-7H2,1-2H3/b8-5+. The Balaban J connectivity index is 2.36. The first kappa shape index (κ1) is 9.52. The summed E-state index contributed by atoms with van der Waals surface area (Å²) in [6.07, 6.45) is 6.58. The van der Waals surface area contributed by atoms with E-state index in [9.17, 15) is 0 Å². The summed E-state index contributed by atoms with van der Waals surface area (Å²) in [6, 6.07) is 0. The summed E-state index contributed by atoms with van der Waals surface area (Å²) in [6.45, 7) is 2.27. The van der Waals surface area contributed by atoms with Crippen LogP contribution in [0.5, 0.6) is 0 Å². The molecule has 68 valence electrons. The van der Waals surface area contributed by atoms with Gasteiger partial charge in [-0.1, -0.05) is 12.2 Å². The SMILES string of the molecule is CN(C)/C=C/C(=S)N1CCCC1. The average Bonchev–Trinajstić information content (AvgIpc) is 2.51. The Morgan fingerprint density at radius 3 is 2.42 bits per heavy atom. The first-order valence-electron chi connectivity index (χ1n) is 4.33. The largest absolute Gasteiger partial charge is 0.383 e. The Hall–Kier alpha value is -0.570. The van der Waals surface area contributed by atoms with Gasteiger partial charge in [-0.3, -0.25) is 0 Å². The smallest absolute Gasteiger partial charge is 0.103 e. The molecule has 0 amide bonds. The van der Waals surface area contributed by atoms with E-state index in [0.717, 1.165) is 18.1 Å². The Morgan fingerprint density at radius 2 is 1.92 bits per heavy atom. The summed E-state index contributed by atoms with van der Waals surface area (Å²) >= 11 is 5.24. The Morgan fingerprint density at radius 1 is 1.33 bits per heavy atom. The molecular weight excluding hydrogens is 168 g/mol. The maximum absolute atomic E-state index is 5.24. The maximum atomic E-state index is 5.24. The van der Waals surface area contributed by atoms with Crippen LogP contribution in [-0.4, -0.2) is 42.0 Å². The third-order valence-electron chi connectivity index (χ3n) is 1.93. The highest BCUT2D eigenvalue weighted by atomic mass is 32.1. The fraction of sp³-hybridized carbons (Fsp3) is 0.667. The van der Waals surface area contributed by atoms with Gasteiger partial charge in [-0.25, -0.2) is 0 Å². The zero-order valence-corrected chi connectivity index (χ0v) is 8.60. The van der Waals surface area contributed by atoms with Crippen molar-refractivity contribution in [2.24, 2.45) is 0 Å². The van der Waals surface area contributed by atoms with Gasteiger partial charge in [0.15, 0.2) is 0 Å². The van der Waals surface area contributed by atoms with Crippen LogP contribution in [0.25, 0.3) is 0 Å². The maximum Gasteiger partial charge on any atom is 0.103 e. The second-order valence-corrected chi connectivity index (χ2v) is 3.73. The van der Waals surface area contributed by atoms with Gasteiger partial charge in [0, 0.05) is 33.4 Å². The van der Waals surface area contributed by atoms with Gasteiger partial charge in [-0.15, -0.1) is 0 Å². The lowest BCUT2D eigenvalue weighted by molar-refractivity contribution is 0.528. The van der Waals surface area contributed by atoms with E-state index >= 15 is 0 Å². The molecule has 0 aromatic rings. The molecule has 1 aliphatic heterocycles. The molecule has 0 radical (unpaired) electrons. The Kier molecular flexibility index (Phi) is 3.53. The molecule has 0 aromatic heterocycles. The highest BCUT2D eigenvalue weighted by molar-refractivity contribution is 7.80. The van der Waals surface area contributed by atoms with Gasteiger partial charge in [0.25, 0.3) is 0 Å². The summed E-state index contributed by atoms with van der Waals surface area (Å²) in [5, 5.41) is 0. The van der Waals surface area contributed by atoms with Crippen LogP contribution >= 0.6 is 12.2 Å². The van der Waals surface area contributed by atoms with E-state index in [2.05, 4.69) is 4.90 Å². The van der Waals surface area contributed by atoms with Crippen molar-refractivity contribution in [2.45, 2.75) is 12.8 Å². The van der Waals surface area contributed by atoms with Gasteiger partial charge in [0.1, 0.15) is 4.99 Å². The van der Waals surface area contributed by atoms with Gasteiger partial charge in [-0.2, -0.15) is 0 Å². The minimum absolute atomic E-state index is 0.973. The summed E-state index contributed by atoms with van der Waals surface area (Å²) in [5.74, 6) is 0. The minimum atomic E-state index is 0.973. The number of hydrogen-bond acceptors (Lipinski definition) is 2. The van der Waals surface area contributed by atoms with Gasteiger partial charge in [0.05, 0.1) is 0 Å². The van der Waals surface area contributed by atoms with Gasteiger partial charge < -0.3 is 9.80 Å². The van der Waals surface area contributed by atoms with E-state index in [-0.39, 0.29) is 0 Å². The zero-order chi connectivity index (χ0) is 8.97. The third kappa shape index (κ3) is 2.81. The second-order valence-electron chi connectivity index (χ2n) is 3.31. The number of likely N-dealkylation sites (tertiary alicyclic amines) is 1. The molecule has 0 bridgehead atoms. The summed E-state index contributed by atoms with van der Waals surface area (Å²) in [7, 11) is 4.01. The van der Waals surface area contributed by atoms with Crippen molar-refractivity contribution in [2.75, 3.05) is 27.2 Å². The molecule has 3 heteroatoms. The van der Waals surface area contributed by atoms with Gasteiger partial charge in [0.2, 0.25) is 0 Å². The number of hydrogen-bond donors (Lipinski definition) is 0. The molecule has 1 aliphatic rings. The summed E-state index contributed by atoms with van der Waals surface area (Å²) < 4.78 is 0. The zero-order valence-electron chi connectivity index (χ0n) is 7.79. The molecule has 0 aliphatic carbocycles. The molecule has 0 N–H and O–H groups in total. The van der Waals surface area contributed by atoms with Crippen LogP contribution in [0.2, 0.25) is 0 Å². The Bertz CT molecular complexity index is 181. The van der Waals surface area contributed by atoms with Crippen molar-refractivity contribution in [3.8, 4) is 0 Å². The molecule has 2 nitrogen and oxygen atoms in total. The third-order valence-corrected chi connectivity index (χ3v) is 2.33. The molecule has 1 fully saturated rings. The molecule has 1 heterocycles. The fourth-order valence-electron chi connectivity index (χ4n) is 1.26. The van der Waals surface area contributed by atoms with E-state index < -0.39 is 0 Å². The first-order chi connectivity index (χ1) is 5.70. The summed E-state index contributed by atoms with van der Waals surface area (Å²) in [5.41, 5.74) is 0. The predicted molar refractivity (Wildman–Crippen MR) is 56.2 cm³/mol. The van der Waals surface area contributed by atoms with E-state index in [4.69, 9.17) is 12.2 Å². The van der Waals surface area contributed by atoms with Crippen molar-refractivity contribution in [1.29, 1.82) is 0 Å². The van der Waals surface area contributed by atoms with Crippen molar-refractivity contribution in [3.05, 3.63) is 12.3 Å². The predicted octanol–water partition coefficient (Wildman–Crippen LogP) is 1.48. The van der Waals surface area contributed by atoms with Crippen molar-refractivity contribution >= 4 is 17.2 Å². The van der Waals surface area contributed by atoms with Crippen LogP contribution < -0.4 is 0 Å². The van der Waals surface area contributed by atoms with E-state index in [1.165, 1.54) is 12.8 Å². The summed E-state index contributed by atoms with van der Waals surface area (Å²) in [4.78, 5) is 5.23. The number of nitrogens with zero attached hydrogens (tertiary/aromatic N) is 2. The number of rotatable bonds is 2. The fourth-order valence-corrected chi connectivity index (χ4v) is 1.50. The van der Waals surface area contributed by atoms with E-state index in [0.29, 0.717) is 0 Å². The topological polar surface area (TPSA) is 6.48 Å². The van der Waals surface area contributed by atoms with Crippen LogP contribution in [-0.2, 0) is 0 Å². The lowest BCUT2D eigenvalue weighted by Crippen LogP contribution is -2.24. The second kappa shape index (κ2) is 4.45. The van der Waals surface area contributed by atoms with Crippen LogP contribution in [0, 0.1) is 0 Å². The minimum Gasteiger partial charge on any atom is -0.383 e. The van der Waals surface area contributed by atoms with Crippen LogP contribution in [0.15, 0.2) is 12.3 Å². The van der Waals surface area contributed by atoms with Crippen molar-refractivity contribution < 1.29 is 0 Å². The average molecular weight is 184 g/mol. The molecule has 1 saturated heterocycles. The molecule has 0 spiro atoms. The van der Waals surface area contributed by atoms with E-state index in [1.54, 1.807) is 0 Å².